The van der Waals surface area contributed by atoms with E-state index in [1.165, 1.54) is 0 Å². The molecule has 0 aromatic carbocycles. The lowest BCUT2D eigenvalue weighted by Crippen LogP contribution is -2.07. The Bertz CT molecular complexity index is 279. The minimum Gasteiger partial charge on any atom is -0.408 e. The van der Waals surface area contributed by atoms with Gasteiger partial charge in [-0.3, -0.25) is 0 Å². The molecule has 1 aromatic rings. The third-order valence-electron chi connectivity index (χ3n) is 2.05. The molecule has 0 radical (unpaired) electrons. The summed E-state index contributed by atoms with van der Waals surface area (Å²) in [6.45, 7) is 3.58. The van der Waals surface area contributed by atoms with Crippen LogP contribution in [0.5, 0.6) is 0 Å². The summed E-state index contributed by atoms with van der Waals surface area (Å²) in [5.41, 5.74) is 5.38. The molecule has 5 nitrogen and oxygen atoms in total. The summed E-state index contributed by atoms with van der Waals surface area (Å²) in [7, 11) is 0. The molecule has 1 atom stereocenters. The van der Waals surface area contributed by atoms with Gasteiger partial charge in [0.2, 0.25) is 5.89 Å². The van der Waals surface area contributed by atoms with Crippen molar-refractivity contribution in [2.75, 3.05) is 24.7 Å². The van der Waals surface area contributed by atoms with Crippen molar-refractivity contribution in [3.63, 3.8) is 0 Å². The molecule has 1 rings (SSSR count). The molecule has 6 heteroatoms. The highest BCUT2D eigenvalue weighted by Crippen LogP contribution is 2.10. The molecule has 0 aliphatic rings. The first-order valence-corrected chi connectivity index (χ1v) is 6.34. The van der Waals surface area contributed by atoms with Gasteiger partial charge in [-0.2, -0.15) is 11.8 Å². The molecule has 0 aliphatic heterocycles. The first kappa shape index (κ1) is 12.3. The number of hydrogen-bond donors (Lipinski definition) is 2. The standard InChI is InChI=1S/C9H18N4OS/c1-7(15-2)4-6-11-9-13-12-8(14-9)3-5-10/h7H,3-6,10H2,1-2H3,(H,11,13). The van der Waals surface area contributed by atoms with E-state index < -0.39 is 0 Å². The zero-order valence-electron chi connectivity index (χ0n) is 9.19. The zero-order chi connectivity index (χ0) is 11.1. The molecule has 1 unspecified atom stereocenters. The van der Waals surface area contributed by atoms with E-state index in [0.717, 1.165) is 13.0 Å². The number of thioether (sulfide) groups is 1. The highest BCUT2D eigenvalue weighted by molar-refractivity contribution is 7.99. The normalized spacial score (nSPS) is 12.7. The largest absolute Gasteiger partial charge is 0.408 e. The van der Waals surface area contributed by atoms with Gasteiger partial charge in [0, 0.05) is 24.8 Å². The van der Waals surface area contributed by atoms with Gasteiger partial charge < -0.3 is 15.5 Å². The summed E-state index contributed by atoms with van der Waals surface area (Å²) in [5.74, 6) is 0.595. The summed E-state index contributed by atoms with van der Waals surface area (Å²) in [4.78, 5) is 0. The van der Waals surface area contributed by atoms with Crippen molar-refractivity contribution in [2.45, 2.75) is 25.0 Å². The van der Waals surface area contributed by atoms with E-state index in [-0.39, 0.29) is 0 Å². The first-order chi connectivity index (χ1) is 7.26. The molecule has 1 aromatic heterocycles. The molecule has 3 N–H and O–H groups in total. The molecular weight excluding hydrogens is 212 g/mol. The number of rotatable bonds is 7. The van der Waals surface area contributed by atoms with E-state index in [1.807, 2.05) is 11.8 Å². The minimum atomic E-state index is 0.492. The Morgan fingerprint density at radius 1 is 1.53 bits per heavy atom. The van der Waals surface area contributed by atoms with E-state index in [0.29, 0.717) is 30.1 Å². The van der Waals surface area contributed by atoms with Crippen molar-refractivity contribution in [1.29, 1.82) is 0 Å². The molecule has 86 valence electrons. The fourth-order valence-electron chi connectivity index (χ4n) is 1.05. The van der Waals surface area contributed by atoms with E-state index in [4.69, 9.17) is 10.2 Å². The number of nitrogens with zero attached hydrogens (tertiary/aromatic N) is 2. The smallest absolute Gasteiger partial charge is 0.315 e. The van der Waals surface area contributed by atoms with Crippen LogP contribution >= 0.6 is 11.8 Å². The van der Waals surface area contributed by atoms with Gasteiger partial charge in [-0.1, -0.05) is 12.0 Å². The topological polar surface area (TPSA) is 77.0 Å². The Hall–Kier alpha value is -0.750. The first-order valence-electron chi connectivity index (χ1n) is 5.05. The lowest BCUT2D eigenvalue weighted by Gasteiger charge is -2.06. The number of hydrogen-bond acceptors (Lipinski definition) is 6. The summed E-state index contributed by atoms with van der Waals surface area (Å²) >= 11 is 1.85. The van der Waals surface area contributed by atoms with Crippen molar-refractivity contribution in [3.8, 4) is 0 Å². The van der Waals surface area contributed by atoms with Gasteiger partial charge in [0.15, 0.2) is 0 Å². The number of nitrogens with one attached hydrogen (secondary N) is 1. The predicted octanol–water partition coefficient (Wildman–Crippen LogP) is 1.12. The Labute approximate surface area is 94.2 Å². The molecule has 0 amide bonds. The van der Waals surface area contributed by atoms with Crippen LogP contribution in [0.1, 0.15) is 19.2 Å². The van der Waals surface area contributed by atoms with Gasteiger partial charge >= 0.3 is 6.01 Å². The zero-order valence-corrected chi connectivity index (χ0v) is 10.0. The Balaban J connectivity index is 2.25. The average molecular weight is 230 g/mol. The SMILES string of the molecule is CSC(C)CCNc1nnc(CCN)o1. The third kappa shape index (κ3) is 4.53. The third-order valence-corrected chi connectivity index (χ3v) is 3.09. The molecule has 0 aliphatic carbocycles. The number of aromatic nitrogens is 2. The molecule has 0 fully saturated rings. The van der Waals surface area contributed by atoms with Crippen molar-refractivity contribution in [1.82, 2.24) is 10.2 Å². The second-order valence-corrected chi connectivity index (χ2v) is 4.58. The molecule has 1 heterocycles. The Morgan fingerprint density at radius 3 is 3.00 bits per heavy atom. The van der Waals surface area contributed by atoms with E-state index in [2.05, 4.69) is 28.7 Å². The maximum absolute atomic E-state index is 5.38. The lowest BCUT2D eigenvalue weighted by molar-refractivity contribution is 0.505. The summed E-state index contributed by atoms with van der Waals surface area (Å²) in [5, 5.41) is 11.5. The summed E-state index contributed by atoms with van der Waals surface area (Å²) < 4.78 is 5.32. The van der Waals surface area contributed by atoms with Gasteiger partial charge in [0.25, 0.3) is 0 Å². The molecule has 0 saturated heterocycles. The highest BCUT2D eigenvalue weighted by atomic mass is 32.2. The van der Waals surface area contributed by atoms with Crippen LogP contribution in [0.25, 0.3) is 0 Å². The van der Waals surface area contributed by atoms with Crippen LogP contribution in [-0.2, 0) is 6.42 Å². The van der Waals surface area contributed by atoms with Crippen LogP contribution in [0, 0.1) is 0 Å². The average Bonchev–Trinajstić information content (AvgIpc) is 2.66. The van der Waals surface area contributed by atoms with E-state index in [9.17, 15) is 0 Å². The lowest BCUT2D eigenvalue weighted by atomic mass is 10.3. The Kier molecular flexibility index (Phi) is 5.49. The van der Waals surface area contributed by atoms with E-state index in [1.54, 1.807) is 0 Å². The van der Waals surface area contributed by atoms with E-state index >= 15 is 0 Å². The van der Waals surface area contributed by atoms with Crippen LogP contribution in [0.3, 0.4) is 0 Å². The quantitative estimate of drug-likeness (QED) is 0.731. The fourth-order valence-corrected chi connectivity index (χ4v) is 1.40. The summed E-state index contributed by atoms with van der Waals surface area (Å²) in [6, 6.07) is 0.492. The minimum absolute atomic E-state index is 0.492. The van der Waals surface area contributed by atoms with Gasteiger partial charge in [-0.05, 0) is 12.7 Å². The second-order valence-electron chi connectivity index (χ2n) is 3.30. The molecule has 0 saturated carbocycles. The molecule has 15 heavy (non-hydrogen) atoms. The van der Waals surface area contributed by atoms with Crippen LogP contribution < -0.4 is 11.1 Å². The van der Waals surface area contributed by atoms with Crippen molar-refractivity contribution in [2.24, 2.45) is 5.73 Å². The maximum atomic E-state index is 5.38. The molecule has 0 bridgehead atoms. The van der Waals surface area contributed by atoms with Crippen molar-refractivity contribution < 1.29 is 4.42 Å². The van der Waals surface area contributed by atoms with Crippen molar-refractivity contribution in [3.05, 3.63) is 5.89 Å². The highest BCUT2D eigenvalue weighted by Gasteiger charge is 2.05. The van der Waals surface area contributed by atoms with Gasteiger partial charge in [-0.15, -0.1) is 5.10 Å². The van der Waals surface area contributed by atoms with Gasteiger partial charge in [-0.25, -0.2) is 0 Å². The van der Waals surface area contributed by atoms with Gasteiger partial charge in [0.05, 0.1) is 0 Å². The van der Waals surface area contributed by atoms with Crippen LogP contribution in [0.2, 0.25) is 0 Å². The molecule has 0 spiro atoms. The van der Waals surface area contributed by atoms with Crippen LogP contribution in [0.15, 0.2) is 4.42 Å². The van der Waals surface area contributed by atoms with Crippen molar-refractivity contribution >= 4 is 17.8 Å². The monoisotopic (exact) mass is 230 g/mol. The fraction of sp³-hybridized carbons (Fsp3) is 0.778. The number of nitrogens with two attached hydrogens (primary N) is 1. The predicted molar refractivity (Wildman–Crippen MR) is 63.1 cm³/mol. The summed E-state index contributed by atoms with van der Waals surface area (Å²) in [6.07, 6.45) is 3.82. The molecular formula is C9H18N4OS. The number of anilines is 1. The van der Waals surface area contributed by atoms with Crippen LogP contribution in [0.4, 0.5) is 6.01 Å². The second kappa shape index (κ2) is 6.68. The van der Waals surface area contributed by atoms with Gasteiger partial charge in [0.1, 0.15) is 0 Å². The Morgan fingerprint density at radius 2 is 2.33 bits per heavy atom. The van der Waals surface area contributed by atoms with Crippen LogP contribution in [-0.4, -0.2) is 34.8 Å². The maximum Gasteiger partial charge on any atom is 0.315 e.